The van der Waals surface area contributed by atoms with Crippen LogP contribution in [0.4, 0.5) is 0 Å². The van der Waals surface area contributed by atoms with Gasteiger partial charge in [-0.25, -0.2) is 0 Å². The second-order valence-corrected chi connectivity index (χ2v) is 10.1. The molecule has 6 heteroatoms. The van der Waals surface area contributed by atoms with Gasteiger partial charge in [0.2, 0.25) is 0 Å². The number of ether oxygens (including phenoxy) is 2. The lowest BCUT2D eigenvalue weighted by Gasteiger charge is -2.59. The predicted octanol–water partition coefficient (Wildman–Crippen LogP) is 1.94. The van der Waals surface area contributed by atoms with Gasteiger partial charge in [0.05, 0.1) is 12.2 Å². The summed E-state index contributed by atoms with van der Waals surface area (Å²) in [5.41, 5.74) is -1.05. The van der Waals surface area contributed by atoms with Crippen molar-refractivity contribution in [1.29, 1.82) is 0 Å². The lowest BCUT2D eigenvalue weighted by molar-refractivity contribution is -0.197. The number of aliphatic hydroxyl groups is 2. The zero-order chi connectivity index (χ0) is 20.8. The molecule has 0 aromatic heterocycles. The van der Waals surface area contributed by atoms with Crippen LogP contribution in [-0.2, 0) is 19.1 Å². The van der Waals surface area contributed by atoms with E-state index >= 15 is 0 Å². The molecular formula is C23H30O6. The van der Waals surface area contributed by atoms with E-state index in [4.69, 9.17) is 9.47 Å². The topological polar surface area (TPSA) is 93.1 Å². The van der Waals surface area contributed by atoms with Gasteiger partial charge in [0.1, 0.15) is 6.61 Å². The van der Waals surface area contributed by atoms with Gasteiger partial charge in [0.15, 0.2) is 23.5 Å². The van der Waals surface area contributed by atoms with E-state index in [2.05, 4.69) is 6.92 Å². The smallest absolute Gasteiger partial charge is 0.193 e. The average Bonchev–Trinajstić information content (AvgIpc) is 3.12. The van der Waals surface area contributed by atoms with Crippen molar-refractivity contribution in [2.24, 2.45) is 28.6 Å². The van der Waals surface area contributed by atoms with Gasteiger partial charge in [-0.05, 0) is 56.6 Å². The SMILES string of the molecule is C[C@@H]1O[C@@H]2CC3[C@@H]4CCC5=CC(=O)C=C[C@]5(C)C4[C@@H](O)C[C@]3(C)[C@]2(C(=O)CO)O1. The van der Waals surface area contributed by atoms with E-state index in [0.29, 0.717) is 12.8 Å². The monoisotopic (exact) mass is 402 g/mol. The number of ketones is 2. The summed E-state index contributed by atoms with van der Waals surface area (Å²) in [7, 11) is 0. The number of fused-ring (bicyclic) bond motifs is 7. The summed E-state index contributed by atoms with van der Waals surface area (Å²) in [6.07, 6.45) is 6.61. The molecule has 1 saturated heterocycles. The summed E-state index contributed by atoms with van der Waals surface area (Å²) in [4.78, 5) is 25.0. The predicted molar refractivity (Wildman–Crippen MR) is 104 cm³/mol. The zero-order valence-electron chi connectivity index (χ0n) is 17.3. The van der Waals surface area contributed by atoms with Crippen LogP contribution in [-0.4, -0.2) is 52.5 Å². The third-order valence-corrected chi connectivity index (χ3v) is 8.92. The molecule has 4 aliphatic carbocycles. The molecular weight excluding hydrogens is 372 g/mol. The largest absolute Gasteiger partial charge is 0.393 e. The summed E-state index contributed by atoms with van der Waals surface area (Å²) in [5.74, 6) is 0.00833. The Morgan fingerprint density at radius 2 is 2.10 bits per heavy atom. The zero-order valence-corrected chi connectivity index (χ0v) is 17.3. The van der Waals surface area contributed by atoms with Gasteiger partial charge < -0.3 is 19.7 Å². The maximum Gasteiger partial charge on any atom is 0.193 e. The number of Topliss-reactive ketones (excluding diaryl/α,β-unsaturated/α-hetero) is 1. The van der Waals surface area contributed by atoms with Crippen LogP contribution >= 0.6 is 0 Å². The molecule has 2 N–H and O–H groups in total. The fraction of sp³-hybridized carbons (Fsp3) is 0.739. The molecule has 0 radical (unpaired) electrons. The van der Waals surface area contributed by atoms with Crippen molar-refractivity contribution in [3.63, 3.8) is 0 Å². The standard InChI is InChI=1S/C23H30O6/c1-12-28-19-9-16-15-5-4-13-8-14(25)6-7-21(13,2)20(15)17(26)10-22(16,3)23(19,29-12)18(27)11-24/h6-8,12,15-17,19-20,24,26H,4-5,9-11H2,1-3H3/t12-,15+,16?,17+,19-,20?,21+,22+,23-/m1/s1. The number of carbonyl (C=O) groups excluding carboxylic acids is 2. The van der Waals surface area contributed by atoms with Crippen molar-refractivity contribution in [2.45, 2.75) is 70.6 Å². The highest BCUT2D eigenvalue weighted by Crippen LogP contribution is 2.69. The maximum atomic E-state index is 13.0. The number of hydrogen-bond acceptors (Lipinski definition) is 6. The van der Waals surface area contributed by atoms with E-state index in [1.165, 1.54) is 0 Å². The molecule has 9 atom stereocenters. The third-order valence-electron chi connectivity index (χ3n) is 8.92. The number of allylic oxidation sites excluding steroid dienone is 4. The molecule has 29 heavy (non-hydrogen) atoms. The van der Waals surface area contributed by atoms with E-state index in [1.807, 2.05) is 13.0 Å². The summed E-state index contributed by atoms with van der Waals surface area (Å²) < 4.78 is 12.2. The van der Waals surface area contributed by atoms with Crippen molar-refractivity contribution < 1.29 is 29.3 Å². The van der Waals surface area contributed by atoms with E-state index in [9.17, 15) is 19.8 Å². The van der Waals surface area contributed by atoms with Crippen molar-refractivity contribution in [3.8, 4) is 0 Å². The van der Waals surface area contributed by atoms with Crippen molar-refractivity contribution in [1.82, 2.24) is 0 Å². The van der Waals surface area contributed by atoms with Gasteiger partial charge in [-0.3, -0.25) is 9.59 Å². The second-order valence-electron chi connectivity index (χ2n) is 10.1. The molecule has 0 amide bonds. The Bertz CT molecular complexity index is 831. The quantitative estimate of drug-likeness (QED) is 0.733. The average molecular weight is 402 g/mol. The van der Waals surface area contributed by atoms with Crippen LogP contribution < -0.4 is 0 Å². The summed E-state index contributed by atoms with van der Waals surface area (Å²) in [6, 6.07) is 0. The Kier molecular flexibility index (Phi) is 4.12. The Morgan fingerprint density at radius 1 is 1.34 bits per heavy atom. The van der Waals surface area contributed by atoms with Gasteiger partial charge in [-0.2, -0.15) is 0 Å². The van der Waals surface area contributed by atoms with Crippen LogP contribution in [0.1, 0.15) is 46.5 Å². The fourth-order valence-electron chi connectivity index (χ4n) is 7.86. The van der Waals surface area contributed by atoms with E-state index in [-0.39, 0.29) is 34.7 Å². The van der Waals surface area contributed by atoms with E-state index in [0.717, 1.165) is 18.4 Å². The van der Waals surface area contributed by atoms with Gasteiger partial charge in [-0.1, -0.05) is 25.5 Å². The van der Waals surface area contributed by atoms with E-state index in [1.54, 1.807) is 19.1 Å². The highest BCUT2D eigenvalue weighted by molar-refractivity contribution is 6.01. The molecule has 0 bridgehead atoms. The first-order chi connectivity index (χ1) is 13.7. The summed E-state index contributed by atoms with van der Waals surface area (Å²) in [6.45, 7) is 5.37. The molecule has 1 aliphatic heterocycles. The Balaban J connectivity index is 1.59. The first-order valence-corrected chi connectivity index (χ1v) is 10.8. The first-order valence-electron chi connectivity index (χ1n) is 10.8. The highest BCUT2D eigenvalue weighted by atomic mass is 16.7. The molecule has 6 nitrogen and oxygen atoms in total. The van der Waals surface area contributed by atoms with Crippen molar-refractivity contribution >= 4 is 11.6 Å². The van der Waals surface area contributed by atoms with Crippen LogP contribution in [0.2, 0.25) is 0 Å². The second kappa shape index (κ2) is 6.10. The fourth-order valence-corrected chi connectivity index (χ4v) is 7.86. The summed E-state index contributed by atoms with van der Waals surface area (Å²) in [5, 5.41) is 21.2. The van der Waals surface area contributed by atoms with Gasteiger partial charge in [0.25, 0.3) is 0 Å². The minimum absolute atomic E-state index is 0.0116. The molecule has 2 unspecified atom stereocenters. The number of carbonyl (C=O) groups is 2. The molecule has 4 fully saturated rings. The minimum Gasteiger partial charge on any atom is -0.393 e. The molecule has 0 aromatic rings. The number of aliphatic hydroxyl groups excluding tert-OH is 2. The number of hydrogen-bond donors (Lipinski definition) is 2. The minimum atomic E-state index is -1.20. The summed E-state index contributed by atoms with van der Waals surface area (Å²) >= 11 is 0. The number of rotatable bonds is 2. The molecule has 0 aromatic carbocycles. The Morgan fingerprint density at radius 3 is 2.83 bits per heavy atom. The normalized spacial score (nSPS) is 53.0. The Labute approximate surface area is 170 Å². The highest BCUT2D eigenvalue weighted by Gasteiger charge is 2.75. The lowest BCUT2D eigenvalue weighted by Crippen LogP contribution is -2.63. The molecule has 5 rings (SSSR count). The van der Waals surface area contributed by atoms with Crippen LogP contribution in [0.25, 0.3) is 0 Å². The molecule has 158 valence electrons. The molecule has 3 saturated carbocycles. The van der Waals surface area contributed by atoms with Crippen LogP contribution in [0.15, 0.2) is 23.8 Å². The van der Waals surface area contributed by atoms with Crippen LogP contribution in [0.5, 0.6) is 0 Å². The van der Waals surface area contributed by atoms with Gasteiger partial charge >= 0.3 is 0 Å². The van der Waals surface area contributed by atoms with Crippen LogP contribution in [0, 0.1) is 28.6 Å². The van der Waals surface area contributed by atoms with Crippen molar-refractivity contribution in [2.75, 3.05) is 6.61 Å². The molecule has 1 heterocycles. The van der Waals surface area contributed by atoms with Gasteiger partial charge in [0, 0.05) is 16.7 Å². The maximum absolute atomic E-state index is 13.0. The third kappa shape index (κ3) is 2.26. The molecule has 5 aliphatic rings. The lowest BCUT2D eigenvalue weighted by atomic mass is 9.46. The van der Waals surface area contributed by atoms with Gasteiger partial charge in [-0.15, -0.1) is 0 Å². The first kappa shape index (κ1) is 19.6. The van der Waals surface area contributed by atoms with Crippen molar-refractivity contribution in [3.05, 3.63) is 23.8 Å². The van der Waals surface area contributed by atoms with Crippen LogP contribution in [0.3, 0.4) is 0 Å². The Hall–Kier alpha value is -1.34. The van der Waals surface area contributed by atoms with E-state index < -0.39 is 36.1 Å². The molecule has 0 spiro atoms.